The molecule has 1 aliphatic rings. The Hall–Kier alpha value is -2.98. The molecule has 0 unspecified atom stereocenters. The standard InChI is InChI=1S/C29H35NO3/c1-20-13-22(14-20)17-30-18-27-28(31-3)15-25(16-29(27)32-4)33-19-24-11-8-12-26(21(24)2)23-9-6-5-7-10-23/h5-12,15-16,20,22,30H,13-14,17-19H2,1-4H3. The molecule has 0 atom stereocenters. The van der Waals surface area contributed by atoms with Crippen molar-refractivity contribution in [1.82, 2.24) is 5.32 Å². The normalized spacial score (nSPS) is 17.3. The number of benzene rings is 3. The van der Waals surface area contributed by atoms with E-state index in [1.54, 1.807) is 14.2 Å². The number of ether oxygens (including phenoxy) is 3. The molecule has 1 N–H and O–H groups in total. The van der Waals surface area contributed by atoms with Crippen LogP contribution in [0.25, 0.3) is 11.1 Å². The van der Waals surface area contributed by atoms with Gasteiger partial charge in [-0.1, -0.05) is 55.5 Å². The largest absolute Gasteiger partial charge is 0.496 e. The monoisotopic (exact) mass is 445 g/mol. The molecule has 0 heterocycles. The van der Waals surface area contributed by atoms with Gasteiger partial charge in [-0.25, -0.2) is 0 Å². The molecule has 4 rings (SSSR count). The van der Waals surface area contributed by atoms with E-state index in [4.69, 9.17) is 14.2 Å². The molecule has 4 nitrogen and oxygen atoms in total. The Morgan fingerprint density at radius 3 is 2.24 bits per heavy atom. The van der Waals surface area contributed by atoms with Crippen LogP contribution in [0.2, 0.25) is 0 Å². The summed E-state index contributed by atoms with van der Waals surface area (Å²) in [5, 5.41) is 3.58. The van der Waals surface area contributed by atoms with E-state index in [-0.39, 0.29) is 0 Å². The zero-order valence-corrected chi connectivity index (χ0v) is 20.2. The molecular weight excluding hydrogens is 410 g/mol. The maximum atomic E-state index is 6.20. The molecule has 0 bridgehead atoms. The number of methoxy groups -OCH3 is 2. The summed E-state index contributed by atoms with van der Waals surface area (Å²) in [5.74, 6) is 3.97. The summed E-state index contributed by atoms with van der Waals surface area (Å²) in [7, 11) is 3.40. The van der Waals surface area contributed by atoms with E-state index in [0.29, 0.717) is 6.61 Å². The van der Waals surface area contributed by atoms with E-state index in [0.717, 1.165) is 53.3 Å². The minimum absolute atomic E-state index is 0.482. The lowest BCUT2D eigenvalue weighted by molar-refractivity contribution is 0.205. The summed E-state index contributed by atoms with van der Waals surface area (Å²) in [6, 6.07) is 20.7. The van der Waals surface area contributed by atoms with Crippen LogP contribution < -0.4 is 19.5 Å². The summed E-state index contributed by atoms with van der Waals surface area (Å²) in [6.45, 7) is 6.71. The van der Waals surface area contributed by atoms with Crippen molar-refractivity contribution in [2.45, 2.75) is 39.8 Å². The molecule has 0 spiro atoms. The second kappa shape index (κ2) is 10.8. The van der Waals surface area contributed by atoms with Crippen molar-refractivity contribution in [3.63, 3.8) is 0 Å². The van der Waals surface area contributed by atoms with E-state index in [9.17, 15) is 0 Å². The van der Waals surface area contributed by atoms with Crippen LogP contribution in [0.5, 0.6) is 17.2 Å². The van der Waals surface area contributed by atoms with Gasteiger partial charge in [0, 0.05) is 18.7 Å². The molecule has 1 fully saturated rings. The van der Waals surface area contributed by atoms with Gasteiger partial charge in [0.2, 0.25) is 0 Å². The van der Waals surface area contributed by atoms with Crippen LogP contribution in [-0.4, -0.2) is 20.8 Å². The average Bonchev–Trinajstić information content (AvgIpc) is 2.82. The molecule has 3 aromatic carbocycles. The summed E-state index contributed by atoms with van der Waals surface area (Å²) in [5.41, 5.74) is 5.87. The lowest BCUT2D eigenvalue weighted by atomic mass is 9.76. The fourth-order valence-corrected chi connectivity index (χ4v) is 4.79. The van der Waals surface area contributed by atoms with Gasteiger partial charge in [0.25, 0.3) is 0 Å². The van der Waals surface area contributed by atoms with Gasteiger partial charge in [-0.2, -0.15) is 0 Å². The van der Waals surface area contributed by atoms with E-state index >= 15 is 0 Å². The van der Waals surface area contributed by atoms with E-state index < -0.39 is 0 Å². The highest BCUT2D eigenvalue weighted by Gasteiger charge is 2.25. The zero-order chi connectivity index (χ0) is 23.2. The highest BCUT2D eigenvalue weighted by molar-refractivity contribution is 5.68. The molecule has 0 aromatic heterocycles. The summed E-state index contributed by atoms with van der Waals surface area (Å²) in [6.07, 6.45) is 2.64. The smallest absolute Gasteiger partial charge is 0.130 e. The molecule has 0 saturated heterocycles. The quantitative estimate of drug-likeness (QED) is 0.392. The van der Waals surface area contributed by atoms with Crippen molar-refractivity contribution < 1.29 is 14.2 Å². The molecular formula is C29H35NO3. The van der Waals surface area contributed by atoms with Crippen LogP contribution in [0.4, 0.5) is 0 Å². The van der Waals surface area contributed by atoms with E-state index in [1.165, 1.54) is 29.5 Å². The number of rotatable bonds is 10. The molecule has 174 valence electrons. The fraction of sp³-hybridized carbons (Fsp3) is 0.379. The molecule has 0 radical (unpaired) electrons. The van der Waals surface area contributed by atoms with E-state index in [2.05, 4.69) is 61.6 Å². The molecule has 3 aromatic rings. The van der Waals surface area contributed by atoms with Gasteiger partial charge in [-0.3, -0.25) is 0 Å². The molecule has 0 aliphatic heterocycles. The van der Waals surface area contributed by atoms with Crippen LogP contribution in [0, 0.1) is 18.8 Å². The van der Waals surface area contributed by atoms with Crippen molar-refractivity contribution in [2.24, 2.45) is 11.8 Å². The third kappa shape index (κ3) is 5.51. The van der Waals surface area contributed by atoms with Gasteiger partial charge in [0.1, 0.15) is 23.9 Å². The SMILES string of the molecule is COc1cc(OCc2cccc(-c3ccccc3)c2C)cc(OC)c1CNCC1CC(C)C1. The predicted octanol–water partition coefficient (Wildman–Crippen LogP) is 6.39. The van der Waals surface area contributed by atoms with Crippen molar-refractivity contribution >= 4 is 0 Å². The minimum atomic E-state index is 0.482. The van der Waals surface area contributed by atoms with Crippen LogP contribution in [0.3, 0.4) is 0 Å². The van der Waals surface area contributed by atoms with Gasteiger partial charge >= 0.3 is 0 Å². The lowest BCUT2D eigenvalue weighted by Crippen LogP contribution is -2.31. The molecule has 1 aliphatic carbocycles. The van der Waals surface area contributed by atoms with Gasteiger partial charge in [-0.15, -0.1) is 0 Å². The predicted molar refractivity (Wildman–Crippen MR) is 134 cm³/mol. The first-order valence-electron chi connectivity index (χ1n) is 11.8. The third-order valence-electron chi connectivity index (χ3n) is 6.71. The van der Waals surface area contributed by atoms with Crippen LogP contribution in [0.15, 0.2) is 60.7 Å². The Morgan fingerprint density at radius 1 is 0.909 bits per heavy atom. The average molecular weight is 446 g/mol. The highest BCUT2D eigenvalue weighted by Crippen LogP contribution is 2.36. The number of nitrogens with one attached hydrogen (secondary N) is 1. The number of hydrogen-bond donors (Lipinski definition) is 1. The van der Waals surface area contributed by atoms with Crippen LogP contribution in [0.1, 0.15) is 36.5 Å². The van der Waals surface area contributed by atoms with Crippen molar-refractivity contribution in [1.29, 1.82) is 0 Å². The summed E-state index contributed by atoms with van der Waals surface area (Å²) >= 11 is 0. The van der Waals surface area contributed by atoms with Crippen LogP contribution >= 0.6 is 0 Å². The van der Waals surface area contributed by atoms with Crippen molar-refractivity contribution in [3.8, 4) is 28.4 Å². The maximum Gasteiger partial charge on any atom is 0.130 e. The fourth-order valence-electron chi connectivity index (χ4n) is 4.79. The van der Waals surface area contributed by atoms with E-state index in [1.807, 2.05) is 18.2 Å². The van der Waals surface area contributed by atoms with Gasteiger partial charge in [-0.05, 0) is 60.4 Å². The molecule has 1 saturated carbocycles. The third-order valence-corrected chi connectivity index (χ3v) is 6.71. The Labute approximate surface area is 197 Å². The molecule has 33 heavy (non-hydrogen) atoms. The zero-order valence-electron chi connectivity index (χ0n) is 20.2. The first kappa shape index (κ1) is 23.2. The molecule has 4 heteroatoms. The molecule has 0 amide bonds. The summed E-state index contributed by atoms with van der Waals surface area (Å²) < 4.78 is 17.6. The van der Waals surface area contributed by atoms with Gasteiger partial charge < -0.3 is 19.5 Å². The van der Waals surface area contributed by atoms with Gasteiger partial charge in [0.15, 0.2) is 0 Å². The first-order valence-corrected chi connectivity index (χ1v) is 11.8. The maximum absolute atomic E-state index is 6.20. The lowest BCUT2D eigenvalue weighted by Gasteiger charge is -2.32. The minimum Gasteiger partial charge on any atom is -0.496 e. The first-order chi connectivity index (χ1) is 16.1. The topological polar surface area (TPSA) is 39.7 Å². The Morgan fingerprint density at radius 2 is 1.61 bits per heavy atom. The van der Waals surface area contributed by atoms with Gasteiger partial charge in [0.05, 0.1) is 19.8 Å². The van der Waals surface area contributed by atoms with Crippen molar-refractivity contribution in [3.05, 3.63) is 77.4 Å². The highest BCUT2D eigenvalue weighted by atomic mass is 16.5. The second-order valence-corrected chi connectivity index (χ2v) is 9.12. The Kier molecular flexibility index (Phi) is 7.56. The second-order valence-electron chi connectivity index (χ2n) is 9.12. The Balaban J connectivity index is 1.46. The number of hydrogen-bond acceptors (Lipinski definition) is 4. The Bertz CT molecular complexity index is 1030. The van der Waals surface area contributed by atoms with Crippen LogP contribution in [-0.2, 0) is 13.2 Å². The van der Waals surface area contributed by atoms with Crippen molar-refractivity contribution in [2.75, 3.05) is 20.8 Å². The summed E-state index contributed by atoms with van der Waals surface area (Å²) in [4.78, 5) is 0.